The molecule has 0 aliphatic rings. The number of hydrogen-bond donors (Lipinski definition) is 1. The summed E-state index contributed by atoms with van der Waals surface area (Å²) >= 11 is 0. The molecule has 1 heterocycles. The number of methoxy groups -OCH3 is 1. The Kier molecular flexibility index (Phi) is 4.58. The lowest BCUT2D eigenvalue weighted by atomic mass is 10.1. The Labute approximate surface area is 108 Å². The average Bonchev–Trinajstić information content (AvgIpc) is 2.63. The van der Waals surface area contributed by atoms with Gasteiger partial charge in [0.2, 0.25) is 0 Å². The Balaban J connectivity index is 3.11. The molecule has 0 radical (unpaired) electrons. The predicted molar refractivity (Wildman–Crippen MR) is 71.8 cm³/mol. The highest BCUT2D eigenvalue weighted by Gasteiger charge is 2.24. The second-order valence-corrected chi connectivity index (χ2v) is 4.88. The number of rotatable bonds is 5. The van der Waals surface area contributed by atoms with Gasteiger partial charge in [0.1, 0.15) is 11.4 Å². The van der Waals surface area contributed by atoms with Gasteiger partial charge in [0.25, 0.3) is 0 Å². The molecule has 0 aliphatic heterocycles. The number of nitrogen functional groups attached to an aromatic ring is 1. The fourth-order valence-corrected chi connectivity index (χ4v) is 1.62. The van der Waals surface area contributed by atoms with E-state index in [2.05, 4.69) is 18.9 Å². The molecule has 0 saturated carbocycles. The van der Waals surface area contributed by atoms with Crippen LogP contribution in [0.15, 0.2) is 0 Å². The van der Waals surface area contributed by atoms with Gasteiger partial charge in [-0.3, -0.25) is 0 Å². The maximum atomic E-state index is 11.7. The number of esters is 1. The van der Waals surface area contributed by atoms with Crippen LogP contribution in [0, 0.1) is 5.92 Å². The fraction of sp³-hybridized carbons (Fsp3) is 0.667. The number of aromatic nitrogens is 2. The van der Waals surface area contributed by atoms with E-state index in [1.54, 1.807) is 9.58 Å². The van der Waals surface area contributed by atoms with Crippen LogP contribution in [0.3, 0.4) is 0 Å². The van der Waals surface area contributed by atoms with Crippen LogP contribution in [0.4, 0.5) is 11.6 Å². The zero-order valence-corrected chi connectivity index (χ0v) is 11.7. The van der Waals surface area contributed by atoms with Gasteiger partial charge in [-0.2, -0.15) is 5.10 Å². The third-order valence-electron chi connectivity index (χ3n) is 2.70. The van der Waals surface area contributed by atoms with Crippen molar-refractivity contribution in [2.45, 2.75) is 26.8 Å². The van der Waals surface area contributed by atoms with Gasteiger partial charge < -0.3 is 15.4 Å². The van der Waals surface area contributed by atoms with E-state index in [0.29, 0.717) is 29.7 Å². The quantitative estimate of drug-likeness (QED) is 0.803. The van der Waals surface area contributed by atoms with Crippen LogP contribution in [-0.4, -0.2) is 37.0 Å². The second kappa shape index (κ2) is 5.75. The molecule has 6 heteroatoms. The van der Waals surface area contributed by atoms with Crippen molar-refractivity contribution in [3.8, 4) is 0 Å². The predicted octanol–water partition coefficient (Wildman–Crippen LogP) is 1.36. The van der Waals surface area contributed by atoms with Crippen molar-refractivity contribution in [3.05, 3.63) is 5.56 Å². The third-order valence-corrected chi connectivity index (χ3v) is 2.70. The minimum atomic E-state index is -0.452. The molecule has 0 amide bonds. The maximum Gasteiger partial charge on any atom is 0.345 e. The van der Waals surface area contributed by atoms with Crippen molar-refractivity contribution in [3.63, 3.8) is 0 Å². The van der Waals surface area contributed by atoms with Crippen LogP contribution in [0.25, 0.3) is 0 Å². The largest absolute Gasteiger partial charge is 0.465 e. The number of carbonyl (C=O) groups excluding carboxylic acids is 1. The molecular weight excluding hydrogens is 232 g/mol. The molecule has 0 unspecified atom stereocenters. The van der Waals surface area contributed by atoms with Gasteiger partial charge >= 0.3 is 5.97 Å². The molecule has 6 nitrogen and oxygen atoms in total. The number of anilines is 2. The van der Waals surface area contributed by atoms with E-state index in [4.69, 9.17) is 10.5 Å². The van der Waals surface area contributed by atoms with Gasteiger partial charge in [-0.25, -0.2) is 9.48 Å². The summed E-state index contributed by atoms with van der Waals surface area (Å²) in [5, 5.41) is 4.37. The zero-order chi connectivity index (χ0) is 13.9. The summed E-state index contributed by atoms with van der Waals surface area (Å²) in [6, 6.07) is 0. The number of hydrogen-bond acceptors (Lipinski definition) is 5. The zero-order valence-electron chi connectivity index (χ0n) is 11.7. The standard InChI is InChI=1S/C12H22N4O2/c1-8(2)6-7-16-10(13)9(12(17)18-5)11(14-16)15(3)4/h8H,6-7,13H2,1-5H3. The van der Waals surface area contributed by atoms with E-state index in [1.807, 2.05) is 14.1 Å². The summed E-state index contributed by atoms with van der Waals surface area (Å²) in [7, 11) is 4.98. The Morgan fingerprint density at radius 2 is 2.11 bits per heavy atom. The second-order valence-electron chi connectivity index (χ2n) is 4.88. The minimum absolute atomic E-state index is 0.339. The summed E-state index contributed by atoms with van der Waals surface area (Å²) in [6.07, 6.45) is 0.958. The van der Waals surface area contributed by atoms with Gasteiger partial charge in [-0.1, -0.05) is 13.8 Å². The first-order valence-electron chi connectivity index (χ1n) is 6.00. The van der Waals surface area contributed by atoms with Crippen molar-refractivity contribution in [1.29, 1.82) is 0 Å². The van der Waals surface area contributed by atoms with Crippen molar-refractivity contribution >= 4 is 17.6 Å². The molecule has 1 rings (SSSR count). The average molecular weight is 254 g/mol. The topological polar surface area (TPSA) is 73.4 Å². The van der Waals surface area contributed by atoms with Crippen molar-refractivity contribution < 1.29 is 9.53 Å². The molecule has 0 atom stereocenters. The molecule has 2 N–H and O–H groups in total. The lowest BCUT2D eigenvalue weighted by Gasteiger charge is -2.09. The van der Waals surface area contributed by atoms with E-state index in [9.17, 15) is 4.79 Å². The molecule has 0 spiro atoms. The lowest BCUT2D eigenvalue weighted by molar-refractivity contribution is 0.0602. The number of aryl methyl sites for hydroxylation is 1. The first-order chi connectivity index (χ1) is 8.38. The van der Waals surface area contributed by atoms with Crippen molar-refractivity contribution in [2.75, 3.05) is 31.8 Å². The van der Waals surface area contributed by atoms with Crippen LogP contribution in [0.2, 0.25) is 0 Å². The van der Waals surface area contributed by atoms with Gasteiger partial charge in [0, 0.05) is 20.6 Å². The van der Waals surface area contributed by atoms with E-state index < -0.39 is 5.97 Å². The van der Waals surface area contributed by atoms with Crippen molar-refractivity contribution in [2.24, 2.45) is 5.92 Å². The van der Waals surface area contributed by atoms with Crippen LogP contribution < -0.4 is 10.6 Å². The Hall–Kier alpha value is -1.72. The van der Waals surface area contributed by atoms with Crippen LogP contribution >= 0.6 is 0 Å². The lowest BCUT2D eigenvalue weighted by Crippen LogP contribution is -2.14. The highest BCUT2D eigenvalue weighted by Crippen LogP contribution is 2.25. The summed E-state index contributed by atoms with van der Waals surface area (Å²) < 4.78 is 6.42. The first kappa shape index (κ1) is 14.3. The molecular formula is C12H22N4O2. The number of carbonyl (C=O) groups is 1. The summed E-state index contributed by atoms with van der Waals surface area (Å²) in [4.78, 5) is 13.5. The fourth-order valence-electron chi connectivity index (χ4n) is 1.62. The first-order valence-corrected chi connectivity index (χ1v) is 6.00. The van der Waals surface area contributed by atoms with Gasteiger partial charge in [-0.05, 0) is 12.3 Å². The summed E-state index contributed by atoms with van der Waals surface area (Å²) in [5.74, 6) is 1.01. The number of nitrogens with zero attached hydrogens (tertiary/aromatic N) is 3. The van der Waals surface area contributed by atoms with E-state index in [-0.39, 0.29) is 0 Å². The molecule has 102 valence electrons. The smallest absolute Gasteiger partial charge is 0.345 e. The highest BCUT2D eigenvalue weighted by molar-refractivity contribution is 5.99. The van der Waals surface area contributed by atoms with Gasteiger partial charge in [0.15, 0.2) is 5.82 Å². The molecule has 0 bridgehead atoms. The molecule has 0 fully saturated rings. The SMILES string of the molecule is COC(=O)c1c(N(C)C)nn(CCC(C)C)c1N. The van der Waals surface area contributed by atoms with Crippen LogP contribution in [0.5, 0.6) is 0 Å². The monoisotopic (exact) mass is 254 g/mol. The molecule has 0 aliphatic carbocycles. The van der Waals surface area contributed by atoms with E-state index in [1.165, 1.54) is 7.11 Å². The Bertz CT molecular complexity index is 424. The van der Waals surface area contributed by atoms with Crippen LogP contribution in [-0.2, 0) is 11.3 Å². The van der Waals surface area contributed by atoms with Crippen molar-refractivity contribution in [1.82, 2.24) is 9.78 Å². The Morgan fingerprint density at radius 3 is 2.56 bits per heavy atom. The molecule has 1 aromatic heterocycles. The molecule has 0 aromatic carbocycles. The molecule has 0 saturated heterocycles. The number of nitrogens with two attached hydrogens (primary N) is 1. The molecule has 1 aromatic rings. The summed E-state index contributed by atoms with van der Waals surface area (Å²) in [5.41, 5.74) is 6.32. The summed E-state index contributed by atoms with van der Waals surface area (Å²) in [6.45, 7) is 4.96. The highest BCUT2D eigenvalue weighted by atomic mass is 16.5. The van der Waals surface area contributed by atoms with Crippen LogP contribution in [0.1, 0.15) is 30.6 Å². The minimum Gasteiger partial charge on any atom is -0.465 e. The van der Waals surface area contributed by atoms with Gasteiger partial charge in [0.05, 0.1) is 7.11 Å². The van der Waals surface area contributed by atoms with E-state index in [0.717, 1.165) is 6.42 Å². The number of ether oxygens (including phenoxy) is 1. The molecule has 18 heavy (non-hydrogen) atoms. The van der Waals surface area contributed by atoms with E-state index >= 15 is 0 Å². The normalized spacial score (nSPS) is 10.8. The third kappa shape index (κ3) is 2.94. The van der Waals surface area contributed by atoms with Gasteiger partial charge in [-0.15, -0.1) is 0 Å². The maximum absolute atomic E-state index is 11.7. The Morgan fingerprint density at radius 1 is 1.50 bits per heavy atom.